The van der Waals surface area contributed by atoms with Gasteiger partial charge in [0.05, 0.1) is 18.8 Å². The minimum Gasteiger partial charge on any atom is -0.497 e. The SMILES string of the molecule is COc1ccc(C(N)C(=O)N2CCN(C(=O)c3ccc4[nH]ncc4c3)CC2)cc1. The standard InChI is InChI=1S/C21H23N5O3/c1-29-17-5-2-14(3-6-17)19(22)21(28)26-10-8-25(9-11-26)20(27)15-4-7-18-16(12-15)13-23-24-18/h2-7,12-13,19H,8-11,22H2,1H3,(H,23,24). The Balaban J connectivity index is 1.37. The number of carbonyl (C=O) groups is 2. The number of benzene rings is 2. The molecule has 0 saturated carbocycles. The zero-order valence-electron chi connectivity index (χ0n) is 16.2. The van der Waals surface area contributed by atoms with Crippen molar-refractivity contribution in [1.29, 1.82) is 0 Å². The summed E-state index contributed by atoms with van der Waals surface area (Å²) >= 11 is 0. The molecule has 8 heteroatoms. The molecule has 0 aliphatic carbocycles. The fraction of sp³-hybridized carbons (Fsp3) is 0.286. The Morgan fingerprint density at radius 2 is 1.76 bits per heavy atom. The number of methoxy groups -OCH3 is 1. The van der Waals surface area contributed by atoms with Gasteiger partial charge in [-0.05, 0) is 35.9 Å². The number of nitrogens with two attached hydrogens (primary N) is 1. The number of amides is 2. The molecular weight excluding hydrogens is 370 g/mol. The Morgan fingerprint density at radius 3 is 2.45 bits per heavy atom. The molecule has 3 aromatic rings. The monoisotopic (exact) mass is 393 g/mol. The first-order valence-corrected chi connectivity index (χ1v) is 9.47. The van der Waals surface area contributed by atoms with E-state index in [2.05, 4.69) is 10.2 Å². The summed E-state index contributed by atoms with van der Waals surface area (Å²) in [6.45, 7) is 1.87. The number of aromatic amines is 1. The second-order valence-electron chi connectivity index (χ2n) is 7.04. The Bertz CT molecular complexity index is 1020. The lowest BCUT2D eigenvalue weighted by Gasteiger charge is -2.36. The van der Waals surface area contributed by atoms with Crippen molar-refractivity contribution in [3.05, 3.63) is 59.8 Å². The molecule has 4 rings (SSSR count). The van der Waals surface area contributed by atoms with Gasteiger partial charge in [0.2, 0.25) is 5.91 Å². The van der Waals surface area contributed by atoms with Crippen molar-refractivity contribution in [1.82, 2.24) is 20.0 Å². The van der Waals surface area contributed by atoms with Crippen LogP contribution in [0, 0.1) is 0 Å². The minimum atomic E-state index is -0.730. The number of fused-ring (bicyclic) bond motifs is 1. The Morgan fingerprint density at radius 1 is 1.07 bits per heavy atom. The molecule has 1 fully saturated rings. The lowest BCUT2D eigenvalue weighted by molar-refractivity contribution is -0.134. The zero-order chi connectivity index (χ0) is 20.4. The third kappa shape index (κ3) is 3.79. The lowest BCUT2D eigenvalue weighted by atomic mass is 10.1. The summed E-state index contributed by atoms with van der Waals surface area (Å²) in [4.78, 5) is 29.1. The van der Waals surface area contributed by atoms with Crippen LogP contribution < -0.4 is 10.5 Å². The quantitative estimate of drug-likeness (QED) is 0.700. The first kappa shape index (κ1) is 18.9. The minimum absolute atomic E-state index is 0.0420. The number of H-pyrrole nitrogens is 1. The van der Waals surface area contributed by atoms with Crippen molar-refractivity contribution in [3.63, 3.8) is 0 Å². The van der Waals surface area contributed by atoms with Crippen LogP contribution in [0.3, 0.4) is 0 Å². The fourth-order valence-electron chi connectivity index (χ4n) is 3.54. The van der Waals surface area contributed by atoms with E-state index in [-0.39, 0.29) is 11.8 Å². The van der Waals surface area contributed by atoms with E-state index >= 15 is 0 Å². The van der Waals surface area contributed by atoms with Crippen molar-refractivity contribution in [2.75, 3.05) is 33.3 Å². The maximum Gasteiger partial charge on any atom is 0.253 e. The van der Waals surface area contributed by atoms with Crippen LogP contribution in [0.2, 0.25) is 0 Å². The molecule has 8 nitrogen and oxygen atoms in total. The number of carbonyl (C=O) groups excluding carboxylic acids is 2. The van der Waals surface area contributed by atoms with Crippen LogP contribution in [0.15, 0.2) is 48.7 Å². The van der Waals surface area contributed by atoms with Gasteiger partial charge in [0.15, 0.2) is 0 Å². The van der Waals surface area contributed by atoms with Crippen molar-refractivity contribution < 1.29 is 14.3 Å². The average molecular weight is 393 g/mol. The third-order valence-electron chi connectivity index (χ3n) is 5.31. The number of ether oxygens (including phenoxy) is 1. The van der Waals surface area contributed by atoms with Gasteiger partial charge in [-0.15, -0.1) is 0 Å². The summed E-state index contributed by atoms with van der Waals surface area (Å²) in [7, 11) is 1.59. The molecule has 1 aromatic heterocycles. The molecular formula is C21H23N5O3. The second-order valence-corrected chi connectivity index (χ2v) is 7.04. The van der Waals surface area contributed by atoms with E-state index in [9.17, 15) is 9.59 Å². The van der Waals surface area contributed by atoms with E-state index in [0.717, 1.165) is 16.5 Å². The molecule has 0 bridgehead atoms. The zero-order valence-corrected chi connectivity index (χ0v) is 16.2. The normalized spacial score (nSPS) is 15.4. The van der Waals surface area contributed by atoms with Gasteiger partial charge < -0.3 is 20.3 Å². The smallest absolute Gasteiger partial charge is 0.253 e. The highest BCUT2D eigenvalue weighted by Gasteiger charge is 2.28. The topological polar surface area (TPSA) is 105 Å². The Kier molecular flexibility index (Phi) is 5.18. The van der Waals surface area contributed by atoms with E-state index in [0.29, 0.717) is 37.5 Å². The van der Waals surface area contributed by atoms with E-state index in [4.69, 9.17) is 10.5 Å². The molecule has 0 spiro atoms. The number of nitrogens with one attached hydrogen (secondary N) is 1. The Hall–Kier alpha value is -3.39. The number of nitrogens with zero attached hydrogens (tertiary/aromatic N) is 3. The van der Waals surface area contributed by atoms with E-state index in [1.807, 2.05) is 12.1 Å². The molecule has 1 unspecified atom stereocenters. The van der Waals surface area contributed by atoms with Crippen molar-refractivity contribution in [2.24, 2.45) is 5.73 Å². The molecule has 150 valence electrons. The number of aromatic nitrogens is 2. The Labute approximate surface area is 168 Å². The maximum absolute atomic E-state index is 12.8. The number of rotatable bonds is 4. The van der Waals surface area contributed by atoms with Gasteiger partial charge in [-0.1, -0.05) is 12.1 Å². The second kappa shape index (κ2) is 7.92. The molecule has 1 aliphatic rings. The average Bonchev–Trinajstić information content (AvgIpc) is 3.25. The molecule has 1 atom stereocenters. The van der Waals surface area contributed by atoms with Gasteiger partial charge in [0.1, 0.15) is 11.8 Å². The van der Waals surface area contributed by atoms with Crippen molar-refractivity contribution >= 4 is 22.7 Å². The van der Waals surface area contributed by atoms with Crippen LogP contribution in [0.1, 0.15) is 22.0 Å². The summed E-state index contributed by atoms with van der Waals surface area (Å²) in [6, 6.07) is 11.9. The first-order chi connectivity index (χ1) is 14.1. The largest absolute Gasteiger partial charge is 0.497 e. The number of hydrogen-bond donors (Lipinski definition) is 2. The lowest BCUT2D eigenvalue weighted by Crippen LogP contribution is -2.52. The summed E-state index contributed by atoms with van der Waals surface area (Å²) in [5.74, 6) is 0.538. The summed E-state index contributed by atoms with van der Waals surface area (Å²) < 4.78 is 5.14. The fourth-order valence-corrected chi connectivity index (χ4v) is 3.54. The van der Waals surface area contributed by atoms with Crippen LogP contribution >= 0.6 is 0 Å². The van der Waals surface area contributed by atoms with Gasteiger partial charge in [-0.2, -0.15) is 5.10 Å². The van der Waals surface area contributed by atoms with Gasteiger partial charge in [-0.3, -0.25) is 14.7 Å². The van der Waals surface area contributed by atoms with Crippen LogP contribution in [0.4, 0.5) is 0 Å². The molecule has 2 amide bonds. The van der Waals surface area contributed by atoms with E-state index in [1.54, 1.807) is 53.4 Å². The highest BCUT2D eigenvalue weighted by Crippen LogP contribution is 2.20. The summed E-state index contributed by atoms with van der Waals surface area (Å²) in [5.41, 5.74) is 8.42. The molecule has 1 saturated heterocycles. The highest BCUT2D eigenvalue weighted by atomic mass is 16.5. The molecule has 2 aromatic carbocycles. The predicted octanol–water partition coefficient (Wildman–Crippen LogP) is 1.56. The maximum atomic E-state index is 12.8. The van der Waals surface area contributed by atoms with E-state index < -0.39 is 6.04 Å². The van der Waals surface area contributed by atoms with Crippen molar-refractivity contribution in [2.45, 2.75) is 6.04 Å². The molecule has 3 N–H and O–H groups in total. The van der Waals surface area contributed by atoms with Crippen LogP contribution in [-0.2, 0) is 4.79 Å². The van der Waals surface area contributed by atoms with Gasteiger partial charge in [0, 0.05) is 37.1 Å². The summed E-state index contributed by atoms with van der Waals surface area (Å²) in [6.07, 6.45) is 1.70. The van der Waals surface area contributed by atoms with Gasteiger partial charge >= 0.3 is 0 Å². The van der Waals surface area contributed by atoms with Gasteiger partial charge in [-0.25, -0.2) is 0 Å². The molecule has 0 radical (unpaired) electrons. The number of hydrogen-bond acceptors (Lipinski definition) is 5. The van der Waals surface area contributed by atoms with Crippen LogP contribution in [0.25, 0.3) is 10.9 Å². The predicted molar refractivity (Wildman–Crippen MR) is 108 cm³/mol. The third-order valence-corrected chi connectivity index (χ3v) is 5.31. The van der Waals surface area contributed by atoms with Crippen molar-refractivity contribution in [3.8, 4) is 5.75 Å². The van der Waals surface area contributed by atoms with E-state index in [1.165, 1.54) is 0 Å². The highest BCUT2D eigenvalue weighted by molar-refractivity contribution is 5.98. The molecule has 2 heterocycles. The van der Waals surface area contributed by atoms with Gasteiger partial charge in [0.25, 0.3) is 5.91 Å². The van der Waals surface area contributed by atoms with Crippen LogP contribution in [0.5, 0.6) is 5.75 Å². The van der Waals surface area contributed by atoms with Crippen LogP contribution in [-0.4, -0.2) is 65.1 Å². The first-order valence-electron chi connectivity index (χ1n) is 9.47. The molecule has 1 aliphatic heterocycles. The number of piperazine rings is 1. The molecule has 29 heavy (non-hydrogen) atoms. The summed E-state index contributed by atoms with van der Waals surface area (Å²) in [5, 5.41) is 7.76.